The molecule has 1 heterocycles. The SMILES string of the molecule is Cc1c(C)n(Cc2cc(Cl)cc(O[C@@H](C)C=O)c2)c2ccc(C(=O)N[C@@H](C)c3cccc(C4CC4)c3)cc12. The van der Waals surface area contributed by atoms with Crippen LogP contribution >= 0.6 is 11.6 Å². The van der Waals surface area contributed by atoms with Gasteiger partial charge in [0, 0.05) is 33.7 Å². The third kappa shape index (κ3) is 5.48. The lowest BCUT2D eigenvalue weighted by Gasteiger charge is -2.16. The Balaban J connectivity index is 1.38. The van der Waals surface area contributed by atoms with Gasteiger partial charge in [-0.15, -0.1) is 0 Å². The third-order valence-electron chi connectivity index (χ3n) is 7.49. The average Bonchev–Trinajstić information content (AvgIpc) is 3.73. The van der Waals surface area contributed by atoms with Crippen LogP contribution in [0.25, 0.3) is 10.9 Å². The fraction of sp³-hybridized carbons (Fsp3) is 0.312. The molecule has 0 spiro atoms. The lowest BCUT2D eigenvalue weighted by molar-refractivity contribution is -0.113. The summed E-state index contributed by atoms with van der Waals surface area (Å²) in [5.41, 5.74) is 7.41. The highest BCUT2D eigenvalue weighted by molar-refractivity contribution is 6.30. The Bertz CT molecular complexity index is 1520. The van der Waals surface area contributed by atoms with E-state index in [-0.39, 0.29) is 11.9 Å². The topological polar surface area (TPSA) is 60.3 Å². The van der Waals surface area contributed by atoms with Gasteiger partial charge in [0.05, 0.1) is 6.04 Å². The van der Waals surface area contributed by atoms with Crippen molar-refractivity contribution < 1.29 is 14.3 Å². The molecule has 0 radical (unpaired) electrons. The normalized spacial score (nSPS) is 14.8. The second-order valence-electron chi connectivity index (χ2n) is 10.4. The van der Waals surface area contributed by atoms with E-state index in [9.17, 15) is 9.59 Å². The van der Waals surface area contributed by atoms with Gasteiger partial charge in [-0.2, -0.15) is 0 Å². The Morgan fingerprint density at radius 3 is 2.63 bits per heavy atom. The molecule has 5 rings (SSSR count). The minimum atomic E-state index is -0.549. The van der Waals surface area contributed by atoms with Crippen LogP contribution < -0.4 is 10.1 Å². The van der Waals surface area contributed by atoms with E-state index < -0.39 is 6.10 Å². The zero-order chi connectivity index (χ0) is 27.0. The van der Waals surface area contributed by atoms with E-state index in [0.29, 0.717) is 28.8 Å². The van der Waals surface area contributed by atoms with Gasteiger partial charge in [0.1, 0.15) is 5.75 Å². The summed E-state index contributed by atoms with van der Waals surface area (Å²) in [7, 11) is 0. The van der Waals surface area contributed by atoms with Crippen molar-refractivity contribution >= 4 is 34.7 Å². The second kappa shape index (κ2) is 10.7. The number of rotatable bonds is 9. The molecule has 0 unspecified atom stereocenters. The fourth-order valence-corrected chi connectivity index (χ4v) is 5.31. The standard InChI is InChI=1S/C32H33ClN2O3/c1-19(18-36)38-29-13-23(12-28(33)16-29)17-35-22(4)20(2)30-15-27(10-11-31(30)35)32(37)34-21(3)25-6-5-7-26(14-25)24-8-9-24/h5-7,10-16,18-19,21,24H,8-9,17H2,1-4H3,(H,34,37)/t19-,21-/m0/s1. The maximum absolute atomic E-state index is 13.2. The van der Waals surface area contributed by atoms with E-state index in [1.54, 1.807) is 13.0 Å². The lowest BCUT2D eigenvalue weighted by Crippen LogP contribution is -2.26. The highest BCUT2D eigenvalue weighted by Crippen LogP contribution is 2.40. The summed E-state index contributed by atoms with van der Waals surface area (Å²) in [5, 5.41) is 4.78. The van der Waals surface area contributed by atoms with Crippen molar-refractivity contribution in [2.75, 3.05) is 0 Å². The van der Waals surface area contributed by atoms with Gasteiger partial charge in [-0.1, -0.05) is 35.9 Å². The Morgan fingerprint density at radius 2 is 1.89 bits per heavy atom. The second-order valence-corrected chi connectivity index (χ2v) is 10.9. The first-order valence-electron chi connectivity index (χ1n) is 13.1. The number of aldehydes is 1. The van der Waals surface area contributed by atoms with Crippen LogP contribution in [0.3, 0.4) is 0 Å². The molecule has 1 aliphatic rings. The van der Waals surface area contributed by atoms with Gasteiger partial charge in [-0.3, -0.25) is 9.59 Å². The van der Waals surface area contributed by atoms with Crippen molar-refractivity contribution in [3.05, 3.63) is 99.2 Å². The molecule has 1 N–H and O–H groups in total. The highest BCUT2D eigenvalue weighted by Gasteiger charge is 2.24. The van der Waals surface area contributed by atoms with Gasteiger partial charge in [0.15, 0.2) is 12.4 Å². The number of benzene rings is 3. The van der Waals surface area contributed by atoms with Crippen molar-refractivity contribution in [1.82, 2.24) is 9.88 Å². The number of fused-ring (bicyclic) bond motifs is 1. The van der Waals surface area contributed by atoms with Gasteiger partial charge in [-0.25, -0.2) is 0 Å². The molecule has 1 saturated carbocycles. The predicted molar refractivity (Wildman–Crippen MR) is 152 cm³/mol. The number of hydrogen-bond donors (Lipinski definition) is 1. The molecular formula is C32H33ClN2O3. The largest absolute Gasteiger partial charge is 0.483 e. The first kappa shape index (κ1) is 26.1. The van der Waals surface area contributed by atoms with Crippen LogP contribution in [0, 0.1) is 13.8 Å². The van der Waals surface area contributed by atoms with Gasteiger partial charge in [0.2, 0.25) is 0 Å². The van der Waals surface area contributed by atoms with E-state index >= 15 is 0 Å². The molecule has 1 aromatic heterocycles. The van der Waals surface area contributed by atoms with Crippen molar-refractivity contribution in [2.45, 2.75) is 65.1 Å². The van der Waals surface area contributed by atoms with Crippen LogP contribution in [-0.2, 0) is 11.3 Å². The van der Waals surface area contributed by atoms with E-state index in [1.165, 1.54) is 18.4 Å². The minimum Gasteiger partial charge on any atom is -0.483 e. The molecule has 1 fully saturated rings. The molecule has 0 saturated heterocycles. The molecule has 1 aliphatic carbocycles. The molecule has 0 aliphatic heterocycles. The minimum absolute atomic E-state index is 0.0782. The molecule has 6 heteroatoms. The monoisotopic (exact) mass is 528 g/mol. The molecule has 0 bridgehead atoms. The Labute approximate surface area is 228 Å². The van der Waals surface area contributed by atoms with Gasteiger partial charge in [-0.05, 0) is 105 Å². The summed E-state index contributed by atoms with van der Waals surface area (Å²) in [5.74, 6) is 1.16. The number of aromatic nitrogens is 1. The predicted octanol–water partition coefficient (Wildman–Crippen LogP) is 7.29. The van der Waals surface area contributed by atoms with E-state index in [2.05, 4.69) is 48.0 Å². The molecule has 38 heavy (non-hydrogen) atoms. The van der Waals surface area contributed by atoms with Crippen molar-refractivity contribution in [3.63, 3.8) is 0 Å². The number of hydrogen-bond acceptors (Lipinski definition) is 3. The van der Waals surface area contributed by atoms with Crippen LogP contribution in [0.1, 0.15) is 77.0 Å². The Morgan fingerprint density at radius 1 is 1.11 bits per heavy atom. The van der Waals surface area contributed by atoms with E-state index in [0.717, 1.165) is 39.6 Å². The molecule has 196 valence electrons. The van der Waals surface area contributed by atoms with Crippen LogP contribution in [0.5, 0.6) is 5.75 Å². The van der Waals surface area contributed by atoms with Crippen LogP contribution in [0.15, 0.2) is 60.7 Å². The number of carbonyl (C=O) groups is 2. The Hall–Kier alpha value is -3.57. The number of aryl methyl sites for hydroxylation is 1. The van der Waals surface area contributed by atoms with Crippen LogP contribution in [0.2, 0.25) is 5.02 Å². The summed E-state index contributed by atoms with van der Waals surface area (Å²) in [4.78, 5) is 24.2. The Kier molecular flexibility index (Phi) is 7.31. The van der Waals surface area contributed by atoms with Crippen LogP contribution in [-0.4, -0.2) is 22.9 Å². The highest BCUT2D eigenvalue weighted by atomic mass is 35.5. The van der Waals surface area contributed by atoms with Gasteiger partial charge in [0.25, 0.3) is 5.91 Å². The smallest absolute Gasteiger partial charge is 0.251 e. The van der Waals surface area contributed by atoms with Crippen molar-refractivity contribution in [1.29, 1.82) is 0 Å². The summed E-state index contributed by atoms with van der Waals surface area (Å²) in [6.07, 6.45) is 2.72. The number of halogens is 1. The quantitative estimate of drug-likeness (QED) is 0.232. The zero-order valence-electron chi connectivity index (χ0n) is 22.3. The lowest BCUT2D eigenvalue weighted by atomic mass is 10.0. The maximum atomic E-state index is 13.2. The fourth-order valence-electron chi connectivity index (χ4n) is 5.06. The van der Waals surface area contributed by atoms with Gasteiger partial charge < -0.3 is 14.6 Å². The van der Waals surface area contributed by atoms with Crippen molar-refractivity contribution in [2.24, 2.45) is 0 Å². The summed E-state index contributed by atoms with van der Waals surface area (Å²) in [6.45, 7) is 8.48. The molecule has 5 nitrogen and oxygen atoms in total. The first-order valence-corrected chi connectivity index (χ1v) is 13.5. The number of carbonyl (C=O) groups excluding carboxylic acids is 2. The summed E-state index contributed by atoms with van der Waals surface area (Å²) in [6, 6.07) is 19.9. The molecule has 3 aromatic carbocycles. The molecule has 2 atom stereocenters. The molecule has 1 amide bonds. The number of amides is 1. The number of nitrogens with zero attached hydrogens (tertiary/aromatic N) is 1. The van der Waals surface area contributed by atoms with Crippen LogP contribution in [0.4, 0.5) is 0 Å². The zero-order valence-corrected chi connectivity index (χ0v) is 23.0. The average molecular weight is 529 g/mol. The number of ether oxygens (including phenoxy) is 1. The van der Waals surface area contributed by atoms with E-state index in [4.69, 9.17) is 16.3 Å². The molecule has 4 aromatic rings. The number of nitrogens with one attached hydrogen (secondary N) is 1. The van der Waals surface area contributed by atoms with Gasteiger partial charge >= 0.3 is 0 Å². The third-order valence-corrected chi connectivity index (χ3v) is 7.71. The van der Waals surface area contributed by atoms with E-state index in [1.807, 2.05) is 37.3 Å². The first-order chi connectivity index (χ1) is 18.2. The maximum Gasteiger partial charge on any atom is 0.251 e. The summed E-state index contributed by atoms with van der Waals surface area (Å²) >= 11 is 6.35. The van der Waals surface area contributed by atoms with Crippen molar-refractivity contribution in [3.8, 4) is 5.75 Å². The molecular weight excluding hydrogens is 496 g/mol. The summed E-state index contributed by atoms with van der Waals surface area (Å²) < 4.78 is 7.89.